The molecule has 1 atom stereocenters. The summed E-state index contributed by atoms with van der Waals surface area (Å²) in [6, 6.07) is 0. The second kappa shape index (κ2) is 8.98. The third kappa shape index (κ3) is 8.18. The molecule has 20 heavy (non-hydrogen) atoms. The van der Waals surface area contributed by atoms with Crippen molar-refractivity contribution in [1.82, 2.24) is 10.6 Å². The number of nitrogens with one attached hydrogen (secondary N) is 2. The van der Waals surface area contributed by atoms with Gasteiger partial charge in [-0.05, 0) is 24.7 Å². The van der Waals surface area contributed by atoms with Crippen molar-refractivity contribution < 1.29 is 9.59 Å². The summed E-state index contributed by atoms with van der Waals surface area (Å²) in [5, 5.41) is 5.89. The molecule has 0 aromatic carbocycles. The molecule has 0 aromatic rings. The summed E-state index contributed by atoms with van der Waals surface area (Å²) in [6.45, 7) is 13.5. The fourth-order valence-electron chi connectivity index (χ4n) is 1.78. The van der Waals surface area contributed by atoms with Gasteiger partial charge in [0, 0.05) is 24.9 Å². The normalized spacial score (nSPS) is 13.2. The molecule has 0 heterocycles. The van der Waals surface area contributed by atoms with Gasteiger partial charge in [0.2, 0.25) is 11.8 Å². The first-order valence-corrected chi connectivity index (χ1v) is 7.75. The minimum absolute atomic E-state index is 0.0177. The maximum Gasteiger partial charge on any atom is 0.222 e. The number of hydrogen-bond donors (Lipinski definition) is 2. The van der Waals surface area contributed by atoms with Gasteiger partial charge in [0.15, 0.2) is 0 Å². The first-order chi connectivity index (χ1) is 9.19. The highest BCUT2D eigenvalue weighted by Gasteiger charge is 2.22. The summed E-state index contributed by atoms with van der Waals surface area (Å²) in [5.74, 6) is 0.270. The molecule has 4 heteroatoms. The summed E-state index contributed by atoms with van der Waals surface area (Å²) in [4.78, 5) is 23.4. The van der Waals surface area contributed by atoms with Gasteiger partial charge in [-0.25, -0.2) is 0 Å². The molecule has 2 amide bonds. The van der Waals surface area contributed by atoms with Gasteiger partial charge in [-0.15, -0.1) is 0 Å². The van der Waals surface area contributed by atoms with Crippen molar-refractivity contribution in [3.8, 4) is 0 Å². The quantitative estimate of drug-likeness (QED) is 0.684. The summed E-state index contributed by atoms with van der Waals surface area (Å²) in [5.41, 5.74) is 0.0177. The van der Waals surface area contributed by atoms with Crippen LogP contribution in [-0.2, 0) is 9.59 Å². The van der Waals surface area contributed by atoms with E-state index in [0.29, 0.717) is 6.54 Å². The zero-order chi connectivity index (χ0) is 15.8. The fraction of sp³-hybridized carbons (Fsp3) is 0.875. The lowest BCUT2D eigenvalue weighted by Gasteiger charge is -2.26. The Kier molecular flexibility index (Phi) is 8.51. The summed E-state index contributed by atoms with van der Waals surface area (Å²) in [7, 11) is 0. The van der Waals surface area contributed by atoms with E-state index in [1.54, 1.807) is 0 Å². The third-order valence-corrected chi connectivity index (χ3v) is 3.52. The zero-order valence-electron chi connectivity index (χ0n) is 14.0. The Morgan fingerprint density at radius 3 is 2.15 bits per heavy atom. The molecular formula is C16H32N2O2. The molecule has 4 nitrogen and oxygen atoms in total. The van der Waals surface area contributed by atoms with Crippen molar-refractivity contribution >= 4 is 11.8 Å². The second-order valence-corrected chi connectivity index (χ2v) is 6.77. The Hall–Kier alpha value is -1.06. The van der Waals surface area contributed by atoms with E-state index in [1.165, 1.54) is 0 Å². The predicted octanol–water partition coefficient (Wildman–Crippen LogP) is 2.73. The van der Waals surface area contributed by atoms with Gasteiger partial charge in [-0.1, -0.05) is 41.5 Å². The van der Waals surface area contributed by atoms with Gasteiger partial charge in [0.05, 0.1) is 0 Å². The van der Waals surface area contributed by atoms with Crippen molar-refractivity contribution in [2.75, 3.05) is 13.1 Å². The van der Waals surface area contributed by atoms with Crippen LogP contribution in [0.5, 0.6) is 0 Å². The summed E-state index contributed by atoms with van der Waals surface area (Å²) >= 11 is 0. The van der Waals surface area contributed by atoms with E-state index in [9.17, 15) is 9.59 Å². The predicted molar refractivity (Wildman–Crippen MR) is 83.3 cm³/mol. The first kappa shape index (κ1) is 18.9. The molecule has 0 aliphatic rings. The standard InChI is InChI=1S/C16H32N2O2/c1-7-10-17-15(20)13(4)8-9-16(5,6)11-18-14(19)12(2)3/h12-13H,7-11H2,1-6H3,(H,17,20)(H,18,19). The third-order valence-electron chi connectivity index (χ3n) is 3.52. The van der Waals surface area contributed by atoms with Crippen LogP contribution in [0.15, 0.2) is 0 Å². The molecular weight excluding hydrogens is 252 g/mol. The van der Waals surface area contributed by atoms with Crippen LogP contribution >= 0.6 is 0 Å². The Labute approximate surface area is 124 Å². The number of carbonyl (C=O) groups is 2. The molecule has 0 bridgehead atoms. The second-order valence-electron chi connectivity index (χ2n) is 6.77. The van der Waals surface area contributed by atoms with Crippen molar-refractivity contribution in [3.05, 3.63) is 0 Å². The summed E-state index contributed by atoms with van der Waals surface area (Å²) < 4.78 is 0. The Balaban J connectivity index is 4.08. The van der Waals surface area contributed by atoms with E-state index in [-0.39, 0.29) is 29.1 Å². The molecule has 0 rings (SSSR count). The van der Waals surface area contributed by atoms with Crippen LogP contribution in [0.4, 0.5) is 0 Å². The van der Waals surface area contributed by atoms with Crippen molar-refractivity contribution in [3.63, 3.8) is 0 Å². The number of amides is 2. The van der Waals surface area contributed by atoms with Gasteiger partial charge < -0.3 is 10.6 Å². The first-order valence-electron chi connectivity index (χ1n) is 7.75. The van der Waals surface area contributed by atoms with Crippen LogP contribution in [0.2, 0.25) is 0 Å². The molecule has 0 aliphatic carbocycles. The Bertz CT molecular complexity index is 312. The van der Waals surface area contributed by atoms with E-state index >= 15 is 0 Å². The average molecular weight is 284 g/mol. The topological polar surface area (TPSA) is 58.2 Å². The van der Waals surface area contributed by atoms with E-state index in [1.807, 2.05) is 27.7 Å². The smallest absolute Gasteiger partial charge is 0.222 e. The molecule has 0 fully saturated rings. The van der Waals surface area contributed by atoms with Crippen LogP contribution < -0.4 is 10.6 Å². The van der Waals surface area contributed by atoms with E-state index in [0.717, 1.165) is 25.8 Å². The van der Waals surface area contributed by atoms with Gasteiger partial charge in [-0.3, -0.25) is 9.59 Å². The highest BCUT2D eigenvalue weighted by atomic mass is 16.2. The number of hydrogen-bond acceptors (Lipinski definition) is 2. The minimum Gasteiger partial charge on any atom is -0.356 e. The number of carbonyl (C=O) groups excluding carboxylic acids is 2. The molecule has 0 saturated heterocycles. The molecule has 118 valence electrons. The minimum atomic E-state index is 0.0177. The highest BCUT2D eigenvalue weighted by Crippen LogP contribution is 2.24. The molecule has 0 aromatic heterocycles. The maximum atomic E-state index is 11.8. The Morgan fingerprint density at radius 2 is 1.65 bits per heavy atom. The molecule has 0 saturated carbocycles. The van der Waals surface area contributed by atoms with Gasteiger partial charge in [-0.2, -0.15) is 0 Å². The van der Waals surface area contributed by atoms with Crippen LogP contribution in [0, 0.1) is 17.3 Å². The number of rotatable bonds is 9. The van der Waals surface area contributed by atoms with E-state index in [4.69, 9.17) is 0 Å². The van der Waals surface area contributed by atoms with Crippen molar-refractivity contribution in [1.29, 1.82) is 0 Å². The SMILES string of the molecule is CCCNC(=O)C(C)CCC(C)(C)CNC(=O)C(C)C. The lowest BCUT2D eigenvalue weighted by atomic mass is 9.84. The summed E-state index contributed by atoms with van der Waals surface area (Å²) in [6.07, 6.45) is 2.73. The molecule has 0 radical (unpaired) electrons. The average Bonchev–Trinajstić information content (AvgIpc) is 2.39. The molecule has 0 aliphatic heterocycles. The van der Waals surface area contributed by atoms with Crippen molar-refractivity contribution in [2.45, 2.75) is 60.8 Å². The molecule has 1 unspecified atom stereocenters. The molecule has 0 spiro atoms. The maximum absolute atomic E-state index is 11.8. The van der Waals surface area contributed by atoms with Gasteiger partial charge in [0.1, 0.15) is 0 Å². The van der Waals surface area contributed by atoms with Crippen LogP contribution in [-0.4, -0.2) is 24.9 Å². The van der Waals surface area contributed by atoms with Crippen molar-refractivity contribution in [2.24, 2.45) is 17.3 Å². The van der Waals surface area contributed by atoms with E-state index < -0.39 is 0 Å². The lowest BCUT2D eigenvalue weighted by molar-refractivity contribution is -0.125. The fourth-order valence-corrected chi connectivity index (χ4v) is 1.78. The molecule has 2 N–H and O–H groups in total. The largest absolute Gasteiger partial charge is 0.356 e. The Morgan fingerprint density at radius 1 is 1.05 bits per heavy atom. The highest BCUT2D eigenvalue weighted by molar-refractivity contribution is 5.78. The zero-order valence-corrected chi connectivity index (χ0v) is 14.0. The van der Waals surface area contributed by atoms with Crippen LogP contribution in [0.1, 0.15) is 60.8 Å². The van der Waals surface area contributed by atoms with E-state index in [2.05, 4.69) is 24.5 Å². The monoisotopic (exact) mass is 284 g/mol. The lowest BCUT2D eigenvalue weighted by Crippen LogP contribution is -2.37. The van der Waals surface area contributed by atoms with Crippen LogP contribution in [0.25, 0.3) is 0 Å². The van der Waals surface area contributed by atoms with Gasteiger partial charge in [0.25, 0.3) is 0 Å². The van der Waals surface area contributed by atoms with Gasteiger partial charge >= 0.3 is 0 Å². The van der Waals surface area contributed by atoms with Crippen LogP contribution in [0.3, 0.4) is 0 Å².